The fraction of sp³-hybridized carbons (Fsp3) is 0.273. The van der Waals surface area contributed by atoms with E-state index in [1.807, 2.05) is 0 Å². The van der Waals surface area contributed by atoms with Crippen molar-refractivity contribution in [2.75, 3.05) is 13.2 Å². The number of non-ortho nitro benzene ring substituents is 1. The van der Waals surface area contributed by atoms with Gasteiger partial charge in [0.1, 0.15) is 5.76 Å². The first-order chi connectivity index (χ1) is 14.5. The summed E-state index contributed by atoms with van der Waals surface area (Å²) in [6.07, 6.45) is 1.39. The number of aliphatic hydroxyl groups excluding tert-OH is 1. The minimum Gasteiger partial charge on any atom is -0.507 e. The highest BCUT2D eigenvalue weighted by Gasteiger charge is 2.47. The van der Waals surface area contributed by atoms with E-state index in [0.29, 0.717) is 17.7 Å². The van der Waals surface area contributed by atoms with Crippen molar-refractivity contribution in [1.29, 1.82) is 0 Å². The van der Waals surface area contributed by atoms with Crippen molar-refractivity contribution in [3.63, 3.8) is 0 Å². The molecule has 0 aliphatic carbocycles. The molecule has 2 aromatic rings. The van der Waals surface area contributed by atoms with E-state index in [9.17, 15) is 24.8 Å². The largest absolute Gasteiger partial charge is 0.507 e. The van der Waals surface area contributed by atoms with Gasteiger partial charge in [0.05, 0.1) is 22.6 Å². The first-order valence-corrected chi connectivity index (χ1v) is 9.67. The molecule has 0 saturated carbocycles. The Kier molecular flexibility index (Phi) is 5.33. The second-order valence-corrected chi connectivity index (χ2v) is 7.30. The van der Waals surface area contributed by atoms with Crippen LogP contribution in [0.15, 0.2) is 60.2 Å². The Labute approximate surface area is 172 Å². The highest BCUT2D eigenvalue weighted by Crippen LogP contribution is 2.40. The number of carbonyl (C=O) groups is 2. The Hall–Kier alpha value is -3.52. The average molecular weight is 408 g/mol. The van der Waals surface area contributed by atoms with Crippen LogP contribution in [0.3, 0.4) is 0 Å². The third kappa shape index (κ3) is 3.57. The Morgan fingerprint density at radius 1 is 1.17 bits per heavy atom. The summed E-state index contributed by atoms with van der Waals surface area (Å²) in [5.41, 5.74) is 0.543. The van der Waals surface area contributed by atoms with E-state index >= 15 is 0 Å². The number of aliphatic hydroxyl groups is 1. The van der Waals surface area contributed by atoms with Crippen LogP contribution in [0.4, 0.5) is 5.69 Å². The smallest absolute Gasteiger partial charge is 0.295 e. The van der Waals surface area contributed by atoms with Crippen LogP contribution in [-0.2, 0) is 14.3 Å². The van der Waals surface area contributed by atoms with Gasteiger partial charge in [-0.2, -0.15) is 0 Å². The van der Waals surface area contributed by atoms with E-state index in [-0.39, 0.29) is 29.7 Å². The number of rotatable bonds is 5. The number of likely N-dealkylation sites (tertiary alicyclic amines) is 1. The molecule has 2 heterocycles. The summed E-state index contributed by atoms with van der Waals surface area (Å²) in [6, 6.07) is 13.3. The van der Waals surface area contributed by atoms with Gasteiger partial charge in [0, 0.05) is 30.8 Å². The van der Waals surface area contributed by atoms with E-state index < -0.39 is 22.7 Å². The maximum Gasteiger partial charge on any atom is 0.295 e. The van der Waals surface area contributed by atoms with Gasteiger partial charge in [-0.25, -0.2) is 0 Å². The van der Waals surface area contributed by atoms with Gasteiger partial charge >= 0.3 is 0 Å². The fourth-order valence-electron chi connectivity index (χ4n) is 3.98. The lowest BCUT2D eigenvalue weighted by Gasteiger charge is -2.27. The van der Waals surface area contributed by atoms with Crippen LogP contribution in [0.25, 0.3) is 5.76 Å². The van der Waals surface area contributed by atoms with Crippen molar-refractivity contribution in [2.45, 2.75) is 25.0 Å². The zero-order valence-corrected chi connectivity index (χ0v) is 16.1. The molecule has 2 aliphatic heterocycles. The lowest BCUT2D eigenvalue weighted by atomic mass is 9.95. The molecule has 8 heteroatoms. The van der Waals surface area contributed by atoms with E-state index in [0.717, 1.165) is 12.8 Å². The summed E-state index contributed by atoms with van der Waals surface area (Å²) in [4.78, 5) is 37.9. The van der Waals surface area contributed by atoms with E-state index in [1.54, 1.807) is 36.4 Å². The van der Waals surface area contributed by atoms with Gasteiger partial charge in [0.15, 0.2) is 0 Å². The number of nitro benzene ring substituents is 1. The molecule has 154 valence electrons. The lowest BCUT2D eigenvalue weighted by Crippen LogP contribution is -2.36. The van der Waals surface area contributed by atoms with Gasteiger partial charge in [0.2, 0.25) is 0 Å². The van der Waals surface area contributed by atoms with Gasteiger partial charge < -0.3 is 14.7 Å². The molecule has 0 spiro atoms. The zero-order chi connectivity index (χ0) is 21.3. The Balaban J connectivity index is 1.85. The summed E-state index contributed by atoms with van der Waals surface area (Å²) in [6.45, 7) is 0.754. The van der Waals surface area contributed by atoms with Crippen LogP contribution < -0.4 is 0 Å². The van der Waals surface area contributed by atoms with Gasteiger partial charge in [-0.15, -0.1) is 0 Å². The zero-order valence-electron chi connectivity index (χ0n) is 16.1. The fourth-order valence-corrected chi connectivity index (χ4v) is 3.98. The van der Waals surface area contributed by atoms with Crippen LogP contribution in [0.5, 0.6) is 0 Å². The van der Waals surface area contributed by atoms with Crippen molar-refractivity contribution in [3.8, 4) is 0 Å². The van der Waals surface area contributed by atoms with Crippen molar-refractivity contribution in [2.24, 2.45) is 0 Å². The summed E-state index contributed by atoms with van der Waals surface area (Å²) < 4.78 is 5.63. The van der Waals surface area contributed by atoms with Crippen LogP contribution in [0.1, 0.15) is 30.0 Å². The van der Waals surface area contributed by atoms with Crippen LogP contribution in [0.2, 0.25) is 0 Å². The van der Waals surface area contributed by atoms with Crippen molar-refractivity contribution >= 4 is 23.1 Å². The van der Waals surface area contributed by atoms with E-state index in [2.05, 4.69) is 0 Å². The Bertz CT molecular complexity index is 1030. The summed E-state index contributed by atoms with van der Waals surface area (Å²) >= 11 is 0. The predicted molar refractivity (Wildman–Crippen MR) is 108 cm³/mol. The predicted octanol–water partition coefficient (Wildman–Crippen LogP) is 3.20. The van der Waals surface area contributed by atoms with Crippen LogP contribution >= 0.6 is 0 Å². The van der Waals surface area contributed by atoms with Crippen molar-refractivity contribution < 1.29 is 24.4 Å². The number of carbonyl (C=O) groups excluding carboxylic acids is 2. The molecule has 2 fully saturated rings. The molecular formula is C22H20N2O6. The highest BCUT2D eigenvalue weighted by molar-refractivity contribution is 6.46. The number of ether oxygens (including phenoxy) is 1. The molecule has 1 amide bonds. The minimum absolute atomic E-state index is 0.0790. The monoisotopic (exact) mass is 408 g/mol. The highest BCUT2D eigenvalue weighted by atomic mass is 16.6. The molecule has 0 unspecified atom stereocenters. The number of nitro groups is 1. The van der Waals surface area contributed by atoms with Crippen molar-refractivity contribution in [3.05, 3.63) is 81.4 Å². The Morgan fingerprint density at radius 2 is 1.93 bits per heavy atom. The van der Waals surface area contributed by atoms with Gasteiger partial charge in [-0.1, -0.05) is 42.5 Å². The summed E-state index contributed by atoms with van der Waals surface area (Å²) in [7, 11) is 0. The molecule has 1 N–H and O–H groups in total. The minimum atomic E-state index is -0.936. The SMILES string of the molecule is O=C1C(=O)N(C[C@@H]2CCCO2)[C@H](c2cccc([N+](=O)[O-])c2)C1=C(O)c1ccccc1. The number of hydrogen-bond acceptors (Lipinski definition) is 6. The van der Waals surface area contributed by atoms with E-state index in [4.69, 9.17) is 4.74 Å². The summed E-state index contributed by atoms with van der Waals surface area (Å²) in [5.74, 6) is -1.87. The third-order valence-electron chi connectivity index (χ3n) is 5.41. The third-order valence-corrected chi connectivity index (χ3v) is 5.41. The maximum absolute atomic E-state index is 12.9. The molecule has 2 aliphatic rings. The number of hydrogen-bond donors (Lipinski definition) is 1. The van der Waals surface area contributed by atoms with Gasteiger partial charge in [-0.05, 0) is 18.4 Å². The Morgan fingerprint density at radius 3 is 2.60 bits per heavy atom. The van der Waals surface area contributed by atoms with Crippen LogP contribution in [-0.4, -0.2) is 45.9 Å². The number of Topliss-reactive ketones (excluding diaryl/α,β-unsaturated/α-hetero) is 1. The van der Waals surface area contributed by atoms with Crippen molar-refractivity contribution in [1.82, 2.24) is 4.90 Å². The standard InChI is InChI=1S/C22H20N2O6/c25-20(14-6-2-1-3-7-14)18-19(15-8-4-9-16(12-15)24(28)29)23(22(27)21(18)26)13-17-10-5-11-30-17/h1-4,6-9,12,17,19,25H,5,10-11,13H2/t17-,19+/m0/s1. The molecule has 2 aromatic carbocycles. The van der Waals surface area contributed by atoms with Gasteiger partial charge in [0.25, 0.3) is 17.4 Å². The second kappa shape index (κ2) is 8.08. The molecule has 2 atom stereocenters. The average Bonchev–Trinajstić information content (AvgIpc) is 3.36. The molecule has 2 saturated heterocycles. The normalized spacial score (nSPS) is 23.1. The molecular weight excluding hydrogens is 388 g/mol. The number of nitrogens with zero attached hydrogens (tertiary/aromatic N) is 2. The molecule has 8 nitrogen and oxygen atoms in total. The topological polar surface area (TPSA) is 110 Å². The number of benzene rings is 2. The first-order valence-electron chi connectivity index (χ1n) is 9.67. The molecule has 4 rings (SSSR count). The second-order valence-electron chi connectivity index (χ2n) is 7.30. The first kappa shape index (κ1) is 19.8. The summed E-state index contributed by atoms with van der Waals surface area (Å²) in [5, 5.41) is 22.2. The molecule has 0 bridgehead atoms. The quantitative estimate of drug-likeness (QED) is 0.267. The number of amides is 1. The van der Waals surface area contributed by atoms with E-state index in [1.165, 1.54) is 23.1 Å². The molecule has 0 radical (unpaired) electrons. The maximum atomic E-state index is 12.9. The van der Waals surface area contributed by atoms with Gasteiger partial charge in [-0.3, -0.25) is 19.7 Å². The lowest BCUT2D eigenvalue weighted by molar-refractivity contribution is -0.384. The molecule has 30 heavy (non-hydrogen) atoms. The van der Waals surface area contributed by atoms with Crippen LogP contribution in [0, 0.1) is 10.1 Å². The molecule has 0 aromatic heterocycles. The number of ketones is 1.